The highest BCUT2D eigenvalue weighted by Crippen LogP contribution is 2.27. The zero-order valence-corrected chi connectivity index (χ0v) is 15.7. The van der Waals surface area contributed by atoms with Crippen molar-refractivity contribution in [1.82, 2.24) is 30.4 Å². The van der Waals surface area contributed by atoms with Crippen molar-refractivity contribution in [1.29, 1.82) is 0 Å². The van der Waals surface area contributed by atoms with Crippen molar-refractivity contribution >= 4 is 27.8 Å². The molecule has 1 atom stereocenters. The van der Waals surface area contributed by atoms with E-state index in [4.69, 9.17) is 0 Å². The normalized spacial score (nSPS) is 17.5. The van der Waals surface area contributed by atoms with Crippen LogP contribution in [0.4, 0.5) is 0 Å². The fourth-order valence-corrected chi connectivity index (χ4v) is 3.93. The van der Waals surface area contributed by atoms with Gasteiger partial charge in [-0.15, -0.1) is 0 Å². The van der Waals surface area contributed by atoms with Crippen LogP contribution in [0.2, 0.25) is 0 Å². The average molecular weight is 374 g/mol. The van der Waals surface area contributed by atoms with E-state index in [1.165, 1.54) is 0 Å². The van der Waals surface area contributed by atoms with Crippen molar-refractivity contribution in [2.45, 2.75) is 6.42 Å². The number of nitrogens with one attached hydrogen (secondary N) is 3. The summed E-state index contributed by atoms with van der Waals surface area (Å²) in [6, 6.07) is 13.5. The summed E-state index contributed by atoms with van der Waals surface area (Å²) >= 11 is 0. The summed E-state index contributed by atoms with van der Waals surface area (Å²) in [6.45, 7) is 2.85. The van der Waals surface area contributed by atoms with Gasteiger partial charge in [-0.25, -0.2) is 4.98 Å². The molecule has 0 saturated carbocycles. The largest absolute Gasteiger partial charge is 0.352 e. The second kappa shape index (κ2) is 6.76. The molecular formula is C21H22N6O. The number of carbonyl (C=O) groups excluding carboxylic acids is 1. The van der Waals surface area contributed by atoms with E-state index in [1.807, 2.05) is 42.5 Å². The van der Waals surface area contributed by atoms with Gasteiger partial charge in [0.15, 0.2) is 5.82 Å². The highest BCUT2D eigenvalue weighted by molar-refractivity contribution is 6.01. The van der Waals surface area contributed by atoms with Crippen LogP contribution in [-0.4, -0.2) is 57.7 Å². The number of aromatic amines is 2. The monoisotopic (exact) mass is 374 g/mol. The molecule has 142 valence electrons. The van der Waals surface area contributed by atoms with Gasteiger partial charge in [-0.1, -0.05) is 12.1 Å². The van der Waals surface area contributed by atoms with Crippen LogP contribution in [0, 0.1) is 5.92 Å². The zero-order valence-electron chi connectivity index (χ0n) is 15.7. The number of aromatic nitrogens is 4. The molecule has 0 radical (unpaired) electrons. The van der Waals surface area contributed by atoms with Gasteiger partial charge < -0.3 is 15.2 Å². The van der Waals surface area contributed by atoms with Gasteiger partial charge in [-0.2, -0.15) is 5.10 Å². The predicted molar refractivity (Wildman–Crippen MR) is 109 cm³/mol. The van der Waals surface area contributed by atoms with Gasteiger partial charge in [-0.3, -0.25) is 9.89 Å². The molecule has 3 N–H and O–H groups in total. The molecule has 1 amide bonds. The Morgan fingerprint density at radius 2 is 2.14 bits per heavy atom. The van der Waals surface area contributed by atoms with Gasteiger partial charge >= 0.3 is 0 Å². The van der Waals surface area contributed by atoms with E-state index in [0.717, 1.165) is 47.1 Å². The molecule has 3 heterocycles. The zero-order chi connectivity index (χ0) is 19.1. The van der Waals surface area contributed by atoms with Gasteiger partial charge in [0.2, 0.25) is 0 Å². The quantitative estimate of drug-likeness (QED) is 0.512. The first kappa shape index (κ1) is 16.9. The molecule has 7 nitrogen and oxygen atoms in total. The van der Waals surface area contributed by atoms with E-state index in [0.29, 0.717) is 23.9 Å². The molecule has 0 bridgehead atoms. The van der Waals surface area contributed by atoms with E-state index in [1.54, 1.807) is 0 Å². The lowest BCUT2D eigenvalue weighted by molar-refractivity contribution is 0.0947. The van der Waals surface area contributed by atoms with Gasteiger partial charge in [0.25, 0.3) is 5.91 Å². The standard InChI is InChI=1S/C21H22N6O/c1-27-9-8-13(12-27)11-22-21(28)14-6-7-16-15(10-14)19(26-25-16)20-23-17-4-2-3-5-18(17)24-20/h2-7,10,13H,8-9,11-12H2,1H3,(H,22,28)(H,23,24)(H,25,26). The summed E-state index contributed by atoms with van der Waals surface area (Å²) in [7, 11) is 2.12. The number of fused-ring (bicyclic) bond motifs is 2. The fourth-order valence-electron chi connectivity index (χ4n) is 3.93. The molecule has 0 aliphatic carbocycles. The van der Waals surface area contributed by atoms with Crippen LogP contribution >= 0.6 is 0 Å². The molecule has 0 spiro atoms. The van der Waals surface area contributed by atoms with Crippen LogP contribution in [0.25, 0.3) is 33.5 Å². The molecule has 1 saturated heterocycles. The fraction of sp³-hybridized carbons (Fsp3) is 0.286. The topological polar surface area (TPSA) is 89.7 Å². The van der Waals surface area contributed by atoms with E-state index in [9.17, 15) is 4.79 Å². The Kier molecular flexibility index (Phi) is 4.09. The minimum absolute atomic E-state index is 0.0480. The summed E-state index contributed by atoms with van der Waals surface area (Å²) in [6.07, 6.45) is 1.13. The number of amides is 1. The smallest absolute Gasteiger partial charge is 0.251 e. The van der Waals surface area contributed by atoms with Crippen LogP contribution in [0.5, 0.6) is 0 Å². The molecular weight excluding hydrogens is 352 g/mol. The first-order valence-electron chi connectivity index (χ1n) is 9.57. The highest BCUT2D eigenvalue weighted by Gasteiger charge is 2.20. The molecule has 2 aromatic heterocycles. The van der Waals surface area contributed by atoms with Crippen LogP contribution in [0.15, 0.2) is 42.5 Å². The number of imidazole rings is 1. The number of likely N-dealkylation sites (tertiary alicyclic amines) is 1. The molecule has 7 heteroatoms. The maximum absolute atomic E-state index is 12.7. The number of nitrogens with zero attached hydrogens (tertiary/aromatic N) is 3. The number of H-pyrrole nitrogens is 2. The third-order valence-electron chi connectivity index (χ3n) is 5.48. The number of benzene rings is 2. The van der Waals surface area contributed by atoms with E-state index < -0.39 is 0 Å². The molecule has 1 fully saturated rings. The van der Waals surface area contributed by atoms with Gasteiger partial charge in [0.1, 0.15) is 5.69 Å². The summed E-state index contributed by atoms with van der Waals surface area (Å²) in [5.41, 5.74) is 4.09. The Bertz CT molecular complexity index is 1130. The Hall–Kier alpha value is -3.19. The van der Waals surface area contributed by atoms with Crippen LogP contribution in [0.3, 0.4) is 0 Å². The molecule has 1 aliphatic heterocycles. The van der Waals surface area contributed by atoms with Crippen molar-refractivity contribution in [2.24, 2.45) is 5.92 Å². The first-order chi connectivity index (χ1) is 13.7. The Labute approximate surface area is 162 Å². The van der Waals surface area contributed by atoms with E-state index in [2.05, 4.69) is 37.4 Å². The highest BCUT2D eigenvalue weighted by atomic mass is 16.1. The number of hydrogen-bond acceptors (Lipinski definition) is 4. The number of para-hydroxylation sites is 2. The molecule has 28 heavy (non-hydrogen) atoms. The van der Waals surface area contributed by atoms with Crippen molar-refractivity contribution < 1.29 is 4.79 Å². The lowest BCUT2D eigenvalue weighted by atomic mass is 10.1. The molecule has 5 rings (SSSR count). The minimum Gasteiger partial charge on any atom is -0.352 e. The van der Waals surface area contributed by atoms with E-state index >= 15 is 0 Å². The van der Waals surface area contributed by atoms with Crippen molar-refractivity contribution in [3.8, 4) is 11.5 Å². The second-order valence-electron chi connectivity index (χ2n) is 7.56. The third-order valence-corrected chi connectivity index (χ3v) is 5.48. The number of rotatable bonds is 4. The molecule has 1 unspecified atom stereocenters. The SMILES string of the molecule is CN1CCC(CNC(=O)c2ccc3[nH]nc(-c4nc5ccccc5[nH]4)c3c2)C1. The van der Waals surface area contributed by atoms with Gasteiger partial charge in [0, 0.05) is 24.0 Å². The van der Waals surface area contributed by atoms with Gasteiger partial charge in [-0.05, 0) is 56.3 Å². The van der Waals surface area contributed by atoms with Crippen LogP contribution in [0.1, 0.15) is 16.8 Å². The molecule has 1 aliphatic rings. The lowest BCUT2D eigenvalue weighted by Gasteiger charge is -2.11. The van der Waals surface area contributed by atoms with E-state index in [-0.39, 0.29) is 5.91 Å². The summed E-state index contributed by atoms with van der Waals surface area (Å²) in [5, 5.41) is 11.4. The Balaban J connectivity index is 1.42. The summed E-state index contributed by atoms with van der Waals surface area (Å²) in [4.78, 5) is 22.9. The second-order valence-corrected chi connectivity index (χ2v) is 7.56. The van der Waals surface area contributed by atoms with Crippen molar-refractivity contribution in [3.63, 3.8) is 0 Å². The molecule has 2 aromatic carbocycles. The molecule has 4 aromatic rings. The first-order valence-corrected chi connectivity index (χ1v) is 9.57. The lowest BCUT2D eigenvalue weighted by Crippen LogP contribution is -2.30. The number of carbonyl (C=O) groups is 1. The van der Waals surface area contributed by atoms with Crippen molar-refractivity contribution in [3.05, 3.63) is 48.0 Å². The summed E-state index contributed by atoms with van der Waals surface area (Å²) in [5.74, 6) is 1.17. The third kappa shape index (κ3) is 3.03. The Morgan fingerprint density at radius 3 is 2.96 bits per heavy atom. The predicted octanol–water partition coefficient (Wildman–Crippen LogP) is 2.79. The van der Waals surface area contributed by atoms with Gasteiger partial charge in [0.05, 0.1) is 16.6 Å². The Morgan fingerprint density at radius 1 is 1.25 bits per heavy atom. The maximum atomic E-state index is 12.7. The number of hydrogen-bond donors (Lipinski definition) is 3. The average Bonchev–Trinajstić information content (AvgIpc) is 3.42. The maximum Gasteiger partial charge on any atom is 0.251 e. The van der Waals surface area contributed by atoms with Crippen LogP contribution < -0.4 is 5.32 Å². The van der Waals surface area contributed by atoms with Crippen LogP contribution in [-0.2, 0) is 0 Å². The van der Waals surface area contributed by atoms with Crippen molar-refractivity contribution in [2.75, 3.05) is 26.7 Å². The summed E-state index contributed by atoms with van der Waals surface area (Å²) < 4.78 is 0. The minimum atomic E-state index is -0.0480.